The van der Waals surface area contributed by atoms with Crippen molar-refractivity contribution in [2.24, 2.45) is 0 Å². The van der Waals surface area contributed by atoms with Crippen LogP contribution in [0.25, 0.3) is 5.69 Å². The Labute approximate surface area is 193 Å². The lowest BCUT2D eigenvalue weighted by Gasteiger charge is -2.33. The Morgan fingerprint density at radius 1 is 0.939 bits per heavy atom. The van der Waals surface area contributed by atoms with Crippen LogP contribution in [0, 0.1) is 0 Å². The van der Waals surface area contributed by atoms with E-state index in [1.165, 1.54) is 15.8 Å². The molecule has 7 nitrogen and oxygen atoms in total. The third-order valence-corrected chi connectivity index (χ3v) is 7.43. The first-order valence-corrected chi connectivity index (χ1v) is 11.6. The van der Waals surface area contributed by atoms with Gasteiger partial charge in [0.05, 0.1) is 27.9 Å². The molecule has 1 fully saturated rings. The van der Waals surface area contributed by atoms with Gasteiger partial charge < -0.3 is 4.90 Å². The van der Waals surface area contributed by atoms with E-state index in [4.69, 9.17) is 11.6 Å². The molecule has 4 rings (SSSR count). The Morgan fingerprint density at radius 3 is 2.12 bits per heavy atom. The Kier molecular flexibility index (Phi) is 6.21. The lowest BCUT2D eigenvalue weighted by molar-refractivity contribution is -0.137. The molecular weight excluding hydrogens is 481 g/mol. The van der Waals surface area contributed by atoms with Crippen molar-refractivity contribution in [1.29, 1.82) is 0 Å². The minimum absolute atomic E-state index is 0.0282. The summed E-state index contributed by atoms with van der Waals surface area (Å²) in [6, 6.07) is 10.3. The predicted molar refractivity (Wildman–Crippen MR) is 115 cm³/mol. The molecule has 2 heterocycles. The summed E-state index contributed by atoms with van der Waals surface area (Å²) in [4.78, 5) is 14.1. The lowest BCUT2D eigenvalue weighted by Crippen LogP contribution is -2.50. The minimum atomic E-state index is -4.55. The largest absolute Gasteiger partial charge is 0.416 e. The topological polar surface area (TPSA) is 75.5 Å². The minimum Gasteiger partial charge on any atom is -0.336 e. The van der Waals surface area contributed by atoms with E-state index in [2.05, 4.69) is 5.10 Å². The molecule has 0 N–H and O–H groups in total. The fourth-order valence-corrected chi connectivity index (χ4v) is 5.00. The number of piperazine rings is 1. The Bertz CT molecular complexity index is 1250. The van der Waals surface area contributed by atoms with Gasteiger partial charge in [0.2, 0.25) is 10.0 Å². The number of nitrogens with zero attached hydrogens (tertiary/aromatic N) is 4. The molecule has 2 aromatic carbocycles. The maximum atomic E-state index is 12.8. The molecule has 1 aliphatic rings. The fraction of sp³-hybridized carbons (Fsp3) is 0.238. The monoisotopic (exact) mass is 498 g/mol. The highest BCUT2D eigenvalue weighted by Gasteiger charge is 2.33. The van der Waals surface area contributed by atoms with Crippen LogP contribution in [0.15, 0.2) is 65.8 Å². The van der Waals surface area contributed by atoms with Gasteiger partial charge in [-0.25, -0.2) is 13.1 Å². The van der Waals surface area contributed by atoms with Gasteiger partial charge in [-0.3, -0.25) is 4.79 Å². The van der Waals surface area contributed by atoms with Crippen LogP contribution >= 0.6 is 11.6 Å². The Balaban J connectivity index is 1.41. The third-order valence-electron chi connectivity index (χ3n) is 5.27. The van der Waals surface area contributed by atoms with Gasteiger partial charge in [-0.15, -0.1) is 0 Å². The van der Waals surface area contributed by atoms with E-state index < -0.39 is 21.8 Å². The van der Waals surface area contributed by atoms with Gasteiger partial charge in [0.15, 0.2) is 0 Å². The molecule has 0 radical (unpaired) electrons. The number of aromatic nitrogens is 2. The van der Waals surface area contributed by atoms with Crippen molar-refractivity contribution in [3.05, 3.63) is 77.1 Å². The second-order valence-corrected chi connectivity index (χ2v) is 9.74. The quantitative estimate of drug-likeness (QED) is 0.550. The first-order valence-electron chi connectivity index (χ1n) is 9.83. The van der Waals surface area contributed by atoms with E-state index in [1.54, 1.807) is 30.5 Å². The lowest BCUT2D eigenvalue weighted by atomic mass is 10.2. The number of amides is 1. The molecule has 174 valence electrons. The van der Waals surface area contributed by atoms with Crippen LogP contribution in [-0.2, 0) is 16.2 Å². The highest BCUT2D eigenvalue weighted by atomic mass is 35.5. The van der Waals surface area contributed by atoms with Crippen molar-refractivity contribution >= 4 is 27.5 Å². The summed E-state index contributed by atoms with van der Waals surface area (Å²) in [6.45, 7) is 0.344. The van der Waals surface area contributed by atoms with E-state index in [0.717, 1.165) is 34.3 Å². The first-order chi connectivity index (χ1) is 15.6. The summed E-state index contributed by atoms with van der Waals surface area (Å²) in [5.74, 6) is -0.290. The van der Waals surface area contributed by atoms with Crippen LogP contribution in [0.4, 0.5) is 13.2 Å². The van der Waals surface area contributed by atoms with Crippen LogP contribution in [0.5, 0.6) is 0 Å². The average molecular weight is 499 g/mol. The molecule has 0 spiro atoms. The maximum absolute atomic E-state index is 12.8. The summed E-state index contributed by atoms with van der Waals surface area (Å²) < 4.78 is 66.5. The van der Waals surface area contributed by atoms with E-state index >= 15 is 0 Å². The number of benzene rings is 2. The smallest absolute Gasteiger partial charge is 0.336 e. The van der Waals surface area contributed by atoms with Gasteiger partial charge in [0.1, 0.15) is 0 Å². The number of carbonyl (C=O) groups is 1. The first kappa shape index (κ1) is 23.3. The number of carbonyl (C=O) groups excluding carboxylic acids is 1. The maximum Gasteiger partial charge on any atom is 0.416 e. The molecule has 1 amide bonds. The molecule has 12 heteroatoms. The van der Waals surface area contributed by atoms with Gasteiger partial charge in [0.25, 0.3) is 5.91 Å². The molecule has 1 aromatic heterocycles. The fourth-order valence-electron chi connectivity index (χ4n) is 3.45. The molecule has 0 aliphatic carbocycles. The summed E-state index contributed by atoms with van der Waals surface area (Å²) in [5.41, 5.74) is 0.158. The second kappa shape index (κ2) is 8.81. The number of rotatable bonds is 4. The molecule has 0 bridgehead atoms. The van der Waals surface area contributed by atoms with Crippen molar-refractivity contribution in [2.75, 3.05) is 26.2 Å². The predicted octanol–water partition coefficient (Wildman–Crippen LogP) is 3.69. The molecule has 3 aromatic rings. The third kappa shape index (κ3) is 4.90. The number of sulfonamides is 1. The number of hydrogen-bond acceptors (Lipinski definition) is 4. The molecule has 1 saturated heterocycles. The summed E-state index contributed by atoms with van der Waals surface area (Å²) in [6.07, 6.45) is -1.53. The number of hydrogen-bond donors (Lipinski definition) is 0. The van der Waals surface area contributed by atoms with Gasteiger partial charge in [0, 0.05) is 37.4 Å². The van der Waals surface area contributed by atoms with Gasteiger partial charge in [-0.1, -0.05) is 11.6 Å². The standard InChI is InChI=1S/C21H18ClF3N4O3S/c22-17-3-5-18(6-4-17)29-14-15(13-26-29)20(30)27-9-11-28(12-10-27)33(31,32)19-7-1-16(2-8-19)21(23,24)25/h1-8,13-14H,9-12H2. The van der Waals surface area contributed by atoms with Crippen LogP contribution < -0.4 is 0 Å². The van der Waals surface area contributed by atoms with Gasteiger partial charge in [-0.2, -0.15) is 22.6 Å². The normalized spacial score (nSPS) is 15.6. The molecule has 0 saturated carbocycles. The highest BCUT2D eigenvalue weighted by Crippen LogP contribution is 2.30. The van der Waals surface area contributed by atoms with Gasteiger partial charge in [-0.05, 0) is 48.5 Å². The zero-order valence-electron chi connectivity index (χ0n) is 17.0. The molecular formula is C21H18ClF3N4O3S. The number of halogens is 4. The Morgan fingerprint density at radius 2 is 1.55 bits per heavy atom. The highest BCUT2D eigenvalue weighted by molar-refractivity contribution is 7.89. The van der Waals surface area contributed by atoms with Crippen molar-refractivity contribution in [2.45, 2.75) is 11.1 Å². The van der Waals surface area contributed by atoms with Crippen LogP contribution in [0.3, 0.4) is 0 Å². The van der Waals surface area contributed by atoms with E-state index in [0.29, 0.717) is 10.6 Å². The van der Waals surface area contributed by atoms with E-state index in [-0.39, 0.29) is 37.0 Å². The zero-order chi connectivity index (χ0) is 23.8. The number of alkyl halides is 3. The summed E-state index contributed by atoms with van der Waals surface area (Å²) in [7, 11) is -3.97. The Hall–Kier alpha value is -2.89. The summed E-state index contributed by atoms with van der Waals surface area (Å²) >= 11 is 5.88. The van der Waals surface area contributed by atoms with Crippen LogP contribution in [0.1, 0.15) is 15.9 Å². The second-order valence-electron chi connectivity index (χ2n) is 7.37. The van der Waals surface area contributed by atoms with Crippen molar-refractivity contribution in [1.82, 2.24) is 19.0 Å². The van der Waals surface area contributed by atoms with Crippen LogP contribution in [-0.4, -0.2) is 59.5 Å². The summed E-state index contributed by atoms with van der Waals surface area (Å²) in [5, 5.41) is 4.77. The molecule has 1 aliphatic heterocycles. The van der Waals surface area contributed by atoms with E-state index in [9.17, 15) is 26.4 Å². The molecule has 33 heavy (non-hydrogen) atoms. The van der Waals surface area contributed by atoms with Crippen molar-refractivity contribution in [3.8, 4) is 5.69 Å². The van der Waals surface area contributed by atoms with Crippen LogP contribution in [0.2, 0.25) is 5.02 Å². The SMILES string of the molecule is O=C(c1cnn(-c2ccc(Cl)cc2)c1)N1CCN(S(=O)(=O)c2ccc(C(F)(F)F)cc2)CC1. The van der Waals surface area contributed by atoms with Crippen molar-refractivity contribution < 1.29 is 26.4 Å². The van der Waals surface area contributed by atoms with E-state index in [1.807, 2.05) is 0 Å². The van der Waals surface area contributed by atoms with Gasteiger partial charge >= 0.3 is 6.18 Å². The molecule has 0 atom stereocenters. The average Bonchev–Trinajstić information content (AvgIpc) is 3.29. The molecule has 0 unspecified atom stereocenters. The zero-order valence-corrected chi connectivity index (χ0v) is 18.6. The van der Waals surface area contributed by atoms with Crippen molar-refractivity contribution in [3.63, 3.8) is 0 Å².